The van der Waals surface area contributed by atoms with E-state index in [0.717, 1.165) is 21.3 Å². The summed E-state index contributed by atoms with van der Waals surface area (Å²) in [6.45, 7) is -0.129. The van der Waals surface area contributed by atoms with Gasteiger partial charge in [-0.2, -0.15) is 0 Å². The molecule has 0 atom stereocenters. The van der Waals surface area contributed by atoms with Crippen LogP contribution in [-0.4, -0.2) is 28.3 Å². The van der Waals surface area contributed by atoms with Crippen molar-refractivity contribution in [2.75, 3.05) is 11.9 Å². The highest BCUT2D eigenvalue weighted by molar-refractivity contribution is 7.18. The van der Waals surface area contributed by atoms with E-state index in [1.54, 1.807) is 18.2 Å². The number of rotatable bonds is 6. The summed E-state index contributed by atoms with van der Waals surface area (Å²) in [5, 5.41) is 6.08. The molecule has 0 saturated heterocycles. The van der Waals surface area contributed by atoms with Gasteiger partial charge in [-0.15, -0.1) is 11.3 Å². The largest absolute Gasteiger partial charge is 0.443 e. The molecule has 0 fully saturated rings. The van der Waals surface area contributed by atoms with Crippen molar-refractivity contribution < 1.29 is 14.0 Å². The summed E-state index contributed by atoms with van der Waals surface area (Å²) in [5.74, 6) is -0.581. The number of oxazole rings is 1. The number of amides is 2. The van der Waals surface area contributed by atoms with Gasteiger partial charge in [0.2, 0.25) is 11.8 Å². The smallest absolute Gasteiger partial charge is 0.243 e. The topological polar surface area (TPSA) is 97.1 Å². The Morgan fingerprint density at radius 3 is 2.62 bits per heavy atom. The molecule has 2 N–H and O–H groups in total. The highest BCUT2D eigenvalue weighted by Crippen LogP contribution is 2.28. The summed E-state index contributed by atoms with van der Waals surface area (Å²) in [4.78, 5) is 33.1. The number of aromatic nitrogens is 2. The molecule has 5 aromatic rings. The summed E-state index contributed by atoms with van der Waals surface area (Å²) >= 11 is 1.48. The molecule has 0 spiro atoms. The molecule has 32 heavy (non-hydrogen) atoms. The van der Waals surface area contributed by atoms with Gasteiger partial charge in [-0.1, -0.05) is 36.4 Å². The molecule has 7 nitrogen and oxygen atoms in total. The van der Waals surface area contributed by atoms with Crippen LogP contribution in [0.1, 0.15) is 5.01 Å². The van der Waals surface area contributed by atoms with Crippen LogP contribution >= 0.6 is 11.3 Å². The van der Waals surface area contributed by atoms with E-state index in [1.807, 2.05) is 30.3 Å². The van der Waals surface area contributed by atoms with Crippen LogP contribution < -0.4 is 10.6 Å². The Balaban J connectivity index is 1.18. The molecule has 0 saturated carbocycles. The number of benzene rings is 3. The van der Waals surface area contributed by atoms with Crippen molar-refractivity contribution in [3.63, 3.8) is 0 Å². The number of thiazole rings is 1. The third-order valence-corrected chi connectivity index (χ3v) is 5.93. The first-order chi connectivity index (χ1) is 15.6. The van der Waals surface area contributed by atoms with Crippen LogP contribution in [0.2, 0.25) is 0 Å². The third-order valence-electron chi connectivity index (χ3n) is 4.91. The van der Waals surface area contributed by atoms with E-state index in [4.69, 9.17) is 4.42 Å². The molecule has 0 bridgehead atoms. The first-order valence-corrected chi connectivity index (χ1v) is 10.8. The lowest BCUT2D eigenvalue weighted by Gasteiger charge is -2.06. The minimum Gasteiger partial charge on any atom is -0.443 e. The molecule has 5 rings (SSSR count). The fraction of sp³-hybridized carbons (Fsp3) is 0.0833. The fourth-order valence-electron chi connectivity index (χ4n) is 3.37. The Morgan fingerprint density at radius 1 is 0.906 bits per heavy atom. The maximum Gasteiger partial charge on any atom is 0.243 e. The van der Waals surface area contributed by atoms with Crippen molar-refractivity contribution in [2.24, 2.45) is 0 Å². The van der Waals surface area contributed by atoms with Crippen molar-refractivity contribution in [2.45, 2.75) is 6.42 Å². The van der Waals surface area contributed by atoms with Gasteiger partial charge in [0, 0.05) is 11.8 Å². The van der Waals surface area contributed by atoms with Gasteiger partial charge >= 0.3 is 0 Å². The number of nitrogens with zero attached hydrogens (tertiary/aromatic N) is 2. The zero-order valence-corrected chi connectivity index (χ0v) is 17.7. The second-order valence-corrected chi connectivity index (χ2v) is 8.31. The first-order valence-electron chi connectivity index (χ1n) is 9.99. The maximum absolute atomic E-state index is 12.3. The van der Waals surface area contributed by atoms with Crippen LogP contribution in [-0.2, 0) is 16.0 Å². The second-order valence-electron chi connectivity index (χ2n) is 7.19. The third kappa shape index (κ3) is 4.35. The van der Waals surface area contributed by atoms with Crippen molar-refractivity contribution in [1.29, 1.82) is 0 Å². The van der Waals surface area contributed by atoms with Crippen molar-refractivity contribution in [1.82, 2.24) is 15.3 Å². The van der Waals surface area contributed by atoms with Crippen LogP contribution in [0.4, 0.5) is 5.69 Å². The minimum atomic E-state index is -0.325. The van der Waals surface area contributed by atoms with Gasteiger partial charge in [0.05, 0.1) is 23.2 Å². The number of nitrogens with one attached hydrogen (secondary N) is 2. The van der Waals surface area contributed by atoms with Gasteiger partial charge in [0.25, 0.3) is 0 Å². The zero-order valence-electron chi connectivity index (χ0n) is 16.9. The van der Waals surface area contributed by atoms with E-state index >= 15 is 0 Å². The van der Waals surface area contributed by atoms with Gasteiger partial charge in [0.1, 0.15) is 10.5 Å². The van der Waals surface area contributed by atoms with Gasteiger partial charge in [-0.25, -0.2) is 9.97 Å². The molecule has 2 amide bonds. The molecule has 158 valence electrons. The average Bonchev–Trinajstić information content (AvgIpc) is 3.43. The first kappa shape index (κ1) is 19.9. The second kappa shape index (κ2) is 8.60. The highest BCUT2D eigenvalue weighted by Gasteiger charge is 2.12. The highest BCUT2D eigenvalue weighted by atomic mass is 32.1. The summed E-state index contributed by atoms with van der Waals surface area (Å²) in [6.07, 6.45) is 1.47. The van der Waals surface area contributed by atoms with Crippen molar-refractivity contribution >= 4 is 50.2 Å². The molecule has 0 radical (unpaired) electrons. The molecular formula is C24H18N4O3S. The molecule has 8 heteroatoms. The lowest BCUT2D eigenvalue weighted by Crippen LogP contribution is -2.33. The normalized spacial score (nSPS) is 11.0. The summed E-state index contributed by atoms with van der Waals surface area (Å²) in [5.41, 5.74) is 4.97. The molecular weight excluding hydrogens is 424 g/mol. The summed E-state index contributed by atoms with van der Waals surface area (Å²) < 4.78 is 6.25. The van der Waals surface area contributed by atoms with E-state index in [-0.39, 0.29) is 24.8 Å². The lowest BCUT2D eigenvalue weighted by atomic mass is 10.1. The molecule has 2 heterocycles. The molecule has 2 aromatic heterocycles. The van der Waals surface area contributed by atoms with Gasteiger partial charge < -0.3 is 15.1 Å². The van der Waals surface area contributed by atoms with Crippen LogP contribution in [0.3, 0.4) is 0 Å². The molecule has 0 unspecified atom stereocenters. The Kier molecular flexibility index (Phi) is 5.35. The van der Waals surface area contributed by atoms with Gasteiger partial charge in [0.15, 0.2) is 12.0 Å². The number of anilines is 1. The summed E-state index contributed by atoms with van der Waals surface area (Å²) in [7, 11) is 0. The minimum absolute atomic E-state index is 0.122. The molecule has 0 aliphatic rings. The van der Waals surface area contributed by atoms with E-state index in [2.05, 4.69) is 38.8 Å². The quantitative estimate of drug-likeness (QED) is 0.406. The molecule has 0 aliphatic heterocycles. The van der Waals surface area contributed by atoms with Crippen molar-refractivity contribution in [3.8, 4) is 11.1 Å². The predicted octanol–water partition coefficient (Wildman–Crippen LogP) is 4.40. The van der Waals surface area contributed by atoms with E-state index in [1.165, 1.54) is 17.7 Å². The van der Waals surface area contributed by atoms with E-state index < -0.39 is 0 Å². The molecule has 0 aliphatic carbocycles. The van der Waals surface area contributed by atoms with Crippen LogP contribution in [0.15, 0.2) is 77.5 Å². The fourth-order valence-corrected chi connectivity index (χ4v) is 4.38. The Hall–Kier alpha value is -4.04. The number of hydrogen-bond acceptors (Lipinski definition) is 6. The SMILES string of the molecule is O=C(Cc1nc2ccc(-c3ccccc3)cc2s1)NCC(=O)Nc1ccc2ncoc2c1. The van der Waals surface area contributed by atoms with Crippen LogP contribution in [0, 0.1) is 0 Å². The average molecular weight is 443 g/mol. The maximum atomic E-state index is 12.3. The number of fused-ring (bicyclic) bond motifs is 2. The lowest BCUT2D eigenvalue weighted by molar-refractivity contribution is -0.123. The monoisotopic (exact) mass is 442 g/mol. The summed E-state index contributed by atoms with van der Waals surface area (Å²) in [6, 6.07) is 21.4. The van der Waals surface area contributed by atoms with Crippen molar-refractivity contribution in [3.05, 3.63) is 78.1 Å². The Bertz CT molecular complexity index is 1430. The van der Waals surface area contributed by atoms with Crippen LogP contribution in [0.5, 0.6) is 0 Å². The predicted molar refractivity (Wildman–Crippen MR) is 124 cm³/mol. The Labute approximate surface area is 187 Å². The van der Waals surface area contributed by atoms with E-state index in [0.29, 0.717) is 21.8 Å². The molecule has 3 aromatic carbocycles. The van der Waals surface area contributed by atoms with Crippen LogP contribution in [0.25, 0.3) is 32.4 Å². The number of hydrogen-bond donors (Lipinski definition) is 2. The number of carbonyl (C=O) groups is 2. The Morgan fingerprint density at radius 2 is 1.75 bits per heavy atom. The van der Waals surface area contributed by atoms with E-state index in [9.17, 15) is 9.59 Å². The van der Waals surface area contributed by atoms with Gasteiger partial charge in [-0.3, -0.25) is 9.59 Å². The number of carbonyl (C=O) groups excluding carboxylic acids is 2. The zero-order chi connectivity index (χ0) is 21.9. The standard InChI is InChI=1S/C24H18N4O3S/c29-22(25-13-23(30)27-17-7-9-18-20(11-17)31-14-26-18)12-24-28-19-8-6-16(10-21(19)32-24)15-4-2-1-3-5-15/h1-11,14H,12-13H2,(H,25,29)(H,27,30). The van der Waals surface area contributed by atoms with Gasteiger partial charge in [-0.05, 0) is 35.4 Å².